The number of carbonyl (C=O) groups excluding carboxylic acids is 2. The van der Waals surface area contributed by atoms with E-state index in [2.05, 4.69) is 55.1 Å². The van der Waals surface area contributed by atoms with Crippen LogP contribution in [-0.4, -0.2) is 76.8 Å². The van der Waals surface area contributed by atoms with Crippen LogP contribution in [0.25, 0.3) is 22.5 Å². The van der Waals surface area contributed by atoms with Gasteiger partial charge in [0.25, 0.3) is 11.8 Å². The molecule has 6 heteroatoms. The summed E-state index contributed by atoms with van der Waals surface area (Å²) in [6, 6.07) is 30.5. The Morgan fingerprint density at radius 2 is 1.12 bits per heavy atom. The average molecular weight is 559 g/mol. The second-order valence-electron chi connectivity index (χ2n) is 11.6. The molecule has 0 N–H and O–H groups in total. The Balaban J connectivity index is 1.13. The molecule has 0 unspecified atom stereocenters. The maximum Gasteiger partial charge on any atom is 0.254 e. The Kier molecular flexibility index (Phi) is 8.15. The quantitative estimate of drug-likeness (QED) is 0.297. The largest absolute Gasteiger partial charge is 0.339 e. The van der Waals surface area contributed by atoms with Crippen molar-refractivity contribution in [2.24, 2.45) is 0 Å². The molecule has 2 amide bonds. The number of hydrogen-bond donors (Lipinski definition) is 0. The lowest BCUT2D eigenvalue weighted by atomic mass is 10.0. The molecule has 0 saturated carbocycles. The van der Waals surface area contributed by atoms with E-state index in [1.807, 2.05) is 64.4 Å². The molecule has 42 heavy (non-hydrogen) atoms. The van der Waals surface area contributed by atoms with Crippen LogP contribution in [-0.2, 0) is 0 Å². The number of aromatic nitrogens is 1. The number of aryl methyl sites for hydroxylation is 2. The van der Waals surface area contributed by atoms with E-state index >= 15 is 0 Å². The lowest BCUT2D eigenvalue weighted by Gasteiger charge is -2.42. The molecular formula is C36H38N4O2. The zero-order chi connectivity index (χ0) is 29.1. The number of pyridine rings is 1. The lowest BCUT2D eigenvalue weighted by molar-refractivity contribution is 0.0412. The van der Waals surface area contributed by atoms with Gasteiger partial charge >= 0.3 is 0 Å². The Morgan fingerprint density at radius 3 is 1.67 bits per heavy atom. The molecule has 6 nitrogen and oxygen atoms in total. The van der Waals surface area contributed by atoms with Gasteiger partial charge in [0.2, 0.25) is 0 Å². The first-order valence-electron chi connectivity index (χ1n) is 15.0. The number of hydrogen-bond acceptors (Lipinski definition) is 4. The van der Waals surface area contributed by atoms with Crippen molar-refractivity contribution >= 4 is 11.8 Å². The van der Waals surface area contributed by atoms with Crippen molar-refractivity contribution in [2.45, 2.75) is 32.7 Å². The van der Waals surface area contributed by atoms with Crippen molar-refractivity contribution in [1.29, 1.82) is 0 Å². The fourth-order valence-corrected chi connectivity index (χ4v) is 6.23. The normalized spacial score (nSPS) is 16.4. The highest BCUT2D eigenvalue weighted by molar-refractivity contribution is 5.96. The van der Waals surface area contributed by atoms with E-state index in [0.29, 0.717) is 24.7 Å². The summed E-state index contributed by atoms with van der Waals surface area (Å²) in [7, 11) is 0. The number of nitrogens with zero attached hydrogens (tertiary/aromatic N) is 4. The van der Waals surface area contributed by atoms with Crippen LogP contribution < -0.4 is 0 Å². The first-order valence-corrected chi connectivity index (χ1v) is 15.0. The number of benzene rings is 3. The number of piperidine rings is 1. The molecular weight excluding hydrogens is 520 g/mol. The molecule has 2 fully saturated rings. The van der Waals surface area contributed by atoms with Crippen LogP contribution in [0.1, 0.15) is 44.7 Å². The van der Waals surface area contributed by atoms with Gasteiger partial charge in [0.05, 0.1) is 11.4 Å². The molecule has 0 spiro atoms. The third kappa shape index (κ3) is 6.14. The van der Waals surface area contributed by atoms with E-state index in [-0.39, 0.29) is 11.8 Å². The molecule has 0 radical (unpaired) electrons. The third-order valence-electron chi connectivity index (χ3n) is 8.59. The van der Waals surface area contributed by atoms with E-state index in [4.69, 9.17) is 4.98 Å². The van der Waals surface area contributed by atoms with Crippen molar-refractivity contribution in [2.75, 3.05) is 39.3 Å². The minimum Gasteiger partial charge on any atom is -0.339 e. The lowest BCUT2D eigenvalue weighted by Crippen LogP contribution is -2.54. The first-order chi connectivity index (χ1) is 20.4. The van der Waals surface area contributed by atoms with Crippen LogP contribution >= 0.6 is 0 Å². The van der Waals surface area contributed by atoms with Gasteiger partial charge in [-0.3, -0.25) is 14.5 Å². The van der Waals surface area contributed by atoms with E-state index in [0.717, 1.165) is 78.2 Å². The molecule has 3 aromatic carbocycles. The zero-order valence-corrected chi connectivity index (χ0v) is 24.5. The summed E-state index contributed by atoms with van der Waals surface area (Å²) in [5.41, 5.74) is 7.42. The molecule has 2 saturated heterocycles. The van der Waals surface area contributed by atoms with Crippen LogP contribution in [0.4, 0.5) is 0 Å². The maximum absolute atomic E-state index is 13.9. The molecule has 0 atom stereocenters. The van der Waals surface area contributed by atoms with Crippen molar-refractivity contribution in [3.63, 3.8) is 0 Å². The second-order valence-corrected chi connectivity index (χ2v) is 11.6. The van der Waals surface area contributed by atoms with Crippen molar-refractivity contribution in [3.8, 4) is 22.5 Å². The average Bonchev–Trinajstić information content (AvgIpc) is 3.04. The van der Waals surface area contributed by atoms with E-state index in [1.54, 1.807) is 0 Å². The van der Waals surface area contributed by atoms with Gasteiger partial charge in [0.15, 0.2) is 0 Å². The molecule has 214 valence electrons. The summed E-state index contributed by atoms with van der Waals surface area (Å²) in [5.74, 6) is 0.181. The van der Waals surface area contributed by atoms with Crippen LogP contribution in [0.2, 0.25) is 0 Å². The van der Waals surface area contributed by atoms with Gasteiger partial charge in [-0.15, -0.1) is 0 Å². The molecule has 3 heterocycles. The number of amides is 2. The summed E-state index contributed by atoms with van der Waals surface area (Å²) in [5, 5.41) is 0. The highest BCUT2D eigenvalue weighted by Gasteiger charge is 2.31. The molecule has 0 bridgehead atoms. The second kappa shape index (κ2) is 12.3. The molecule has 0 aliphatic carbocycles. The fraction of sp³-hybridized carbons (Fsp3) is 0.306. The Hall–Kier alpha value is -4.29. The van der Waals surface area contributed by atoms with Crippen molar-refractivity contribution < 1.29 is 9.59 Å². The van der Waals surface area contributed by atoms with Crippen LogP contribution in [0.5, 0.6) is 0 Å². The summed E-state index contributed by atoms with van der Waals surface area (Å²) >= 11 is 0. The maximum atomic E-state index is 13.9. The number of piperazine rings is 1. The van der Waals surface area contributed by atoms with Gasteiger partial charge in [-0.2, -0.15) is 0 Å². The number of likely N-dealkylation sites (tertiary alicyclic amines) is 1. The van der Waals surface area contributed by atoms with E-state index < -0.39 is 0 Å². The number of carbonyl (C=O) groups is 2. The highest BCUT2D eigenvalue weighted by Crippen LogP contribution is 2.27. The van der Waals surface area contributed by atoms with Gasteiger partial charge in [-0.05, 0) is 63.1 Å². The van der Waals surface area contributed by atoms with Gasteiger partial charge in [0.1, 0.15) is 0 Å². The summed E-state index contributed by atoms with van der Waals surface area (Å²) in [6.45, 7) is 8.80. The first kappa shape index (κ1) is 27.9. The zero-order valence-electron chi connectivity index (χ0n) is 24.5. The van der Waals surface area contributed by atoms with Gasteiger partial charge in [-0.25, -0.2) is 4.98 Å². The molecule has 1 aromatic heterocycles. The monoisotopic (exact) mass is 558 g/mol. The topological polar surface area (TPSA) is 56.8 Å². The Labute approximate surface area is 248 Å². The van der Waals surface area contributed by atoms with Crippen molar-refractivity contribution in [1.82, 2.24) is 19.7 Å². The Morgan fingerprint density at radius 1 is 0.595 bits per heavy atom. The highest BCUT2D eigenvalue weighted by atomic mass is 16.2. The summed E-state index contributed by atoms with van der Waals surface area (Å²) in [4.78, 5) is 38.2. The standard InChI is InChI=1S/C36H38N4O2/c1-26-8-6-12-29(22-26)33-24-31(25-34(37-33)30-13-7-9-27(2)23-30)36(42)40-20-18-38(19-21-40)32-14-16-39(17-15-32)35(41)28-10-4-3-5-11-28/h3-13,22-25,32H,14-21H2,1-2H3. The van der Waals surface area contributed by atoms with Crippen molar-refractivity contribution in [3.05, 3.63) is 113 Å². The van der Waals surface area contributed by atoms with E-state index in [9.17, 15) is 9.59 Å². The molecule has 4 aromatic rings. The summed E-state index contributed by atoms with van der Waals surface area (Å²) in [6.07, 6.45) is 1.94. The van der Waals surface area contributed by atoms with E-state index in [1.165, 1.54) is 0 Å². The summed E-state index contributed by atoms with van der Waals surface area (Å²) < 4.78 is 0. The van der Waals surface area contributed by atoms with Gasteiger partial charge < -0.3 is 9.80 Å². The van der Waals surface area contributed by atoms with Crippen LogP contribution in [0.3, 0.4) is 0 Å². The third-order valence-corrected chi connectivity index (χ3v) is 8.59. The van der Waals surface area contributed by atoms with Gasteiger partial charge in [-0.1, -0.05) is 65.7 Å². The molecule has 6 rings (SSSR count). The predicted molar refractivity (Wildman–Crippen MR) is 167 cm³/mol. The van der Waals surface area contributed by atoms with Crippen LogP contribution in [0, 0.1) is 13.8 Å². The SMILES string of the molecule is Cc1cccc(-c2cc(C(=O)N3CCN(C4CCN(C(=O)c5ccccc5)CC4)CC3)cc(-c3cccc(C)c3)n2)c1. The fourth-order valence-electron chi connectivity index (χ4n) is 6.23. The van der Waals surface area contributed by atoms with Crippen LogP contribution in [0.15, 0.2) is 91.0 Å². The minimum absolute atomic E-state index is 0.0585. The Bertz CT molecular complexity index is 1500. The molecule has 2 aliphatic heterocycles. The number of rotatable bonds is 5. The predicted octanol–water partition coefficient (Wildman–Crippen LogP) is 6.10. The minimum atomic E-state index is 0.0585. The smallest absolute Gasteiger partial charge is 0.254 e. The molecule has 2 aliphatic rings. The van der Waals surface area contributed by atoms with Gasteiger partial charge in [0, 0.05) is 67.6 Å².